The molecule has 5 heteroatoms. The molecule has 1 heterocycles. The number of hydrogen-bond donors (Lipinski definition) is 1. The molecule has 0 aliphatic heterocycles. The third kappa shape index (κ3) is 3.29. The molecule has 2 rings (SSSR count). The van der Waals surface area contributed by atoms with Gasteiger partial charge in [-0.15, -0.1) is 0 Å². The fraction of sp³-hybridized carbons (Fsp3) is 0.333. The molecule has 0 saturated heterocycles. The van der Waals surface area contributed by atoms with Gasteiger partial charge >= 0.3 is 0 Å². The third-order valence-corrected chi connectivity index (χ3v) is 2.23. The van der Waals surface area contributed by atoms with Crippen LogP contribution in [0.5, 0.6) is 5.75 Å². The Morgan fingerprint density at radius 2 is 2.18 bits per heavy atom. The molecule has 5 nitrogen and oxygen atoms in total. The van der Waals surface area contributed by atoms with Gasteiger partial charge in [0, 0.05) is 0 Å². The van der Waals surface area contributed by atoms with Crippen molar-refractivity contribution in [3.8, 4) is 5.75 Å². The van der Waals surface area contributed by atoms with E-state index in [0.717, 1.165) is 5.56 Å². The zero-order valence-corrected chi connectivity index (χ0v) is 9.92. The summed E-state index contributed by atoms with van der Waals surface area (Å²) in [6.45, 7) is 0.656. The molecule has 17 heavy (non-hydrogen) atoms. The summed E-state index contributed by atoms with van der Waals surface area (Å²) >= 11 is 0. The van der Waals surface area contributed by atoms with Gasteiger partial charge in [0.15, 0.2) is 5.82 Å². The normalized spacial score (nSPS) is 11.0. The first-order valence-electron chi connectivity index (χ1n) is 5.37. The van der Waals surface area contributed by atoms with E-state index >= 15 is 0 Å². The van der Waals surface area contributed by atoms with Crippen LogP contribution in [0.15, 0.2) is 28.8 Å². The van der Waals surface area contributed by atoms with E-state index in [4.69, 9.17) is 4.52 Å². The molecule has 0 aliphatic rings. The molecule has 0 amide bonds. The highest BCUT2D eigenvalue weighted by Gasteiger charge is 2.08. The number of nitrogens with zero attached hydrogens (tertiary/aromatic N) is 3. The highest BCUT2D eigenvalue weighted by Crippen LogP contribution is 2.14. The van der Waals surface area contributed by atoms with E-state index in [1.54, 1.807) is 18.2 Å². The lowest BCUT2D eigenvalue weighted by Gasteiger charge is -2.03. The molecule has 0 atom stereocenters. The largest absolute Gasteiger partial charge is 0.508 e. The van der Waals surface area contributed by atoms with E-state index in [-0.39, 0.29) is 5.75 Å². The Hall–Kier alpha value is -1.88. The maximum atomic E-state index is 9.34. The van der Waals surface area contributed by atoms with Crippen LogP contribution in [0.3, 0.4) is 0 Å². The second kappa shape index (κ2) is 4.97. The second-order valence-corrected chi connectivity index (χ2v) is 4.19. The number of aromatic nitrogens is 2. The summed E-state index contributed by atoms with van der Waals surface area (Å²) < 4.78 is 5.14. The summed E-state index contributed by atoms with van der Waals surface area (Å²) in [7, 11) is 3.90. The number of phenolic OH excluding ortho intramolecular Hbond substituents is 1. The molecule has 0 spiro atoms. The first kappa shape index (κ1) is 11.6. The average Bonchev–Trinajstić information content (AvgIpc) is 2.64. The summed E-state index contributed by atoms with van der Waals surface area (Å²) in [6, 6.07) is 7.03. The molecule has 0 unspecified atom stereocenters. The SMILES string of the molecule is CN(C)Cc1noc(Cc2cccc(O)c2)n1. The van der Waals surface area contributed by atoms with Crippen molar-refractivity contribution in [3.63, 3.8) is 0 Å². The summed E-state index contributed by atoms with van der Waals surface area (Å²) in [5.41, 5.74) is 0.949. The lowest BCUT2D eigenvalue weighted by atomic mass is 10.1. The molecule has 2 aromatic rings. The Morgan fingerprint density at radius 1 is 1.35 bits per heavy atom. The minimum atomic E-state index is 0.246. The van der Waals surface area contributed by atoms with Gasteiger partial charge in [0.05, 0.1) is 13.0 Å². The quantitative estimate of drug-likeness (QED) is 0.865. The monoisotopic (exact) mass is 233 g/mol. The standard InChI is InChI=1S/C12H15N3O2/c1-15(2)8-11-13-12(17-14-11)7-9-4-3-5-10(16)6-9/h3-6,16H,7-8H2,1-2H3. The van der Waals surface area contributed by atoms with Crippen molar-refractivity contribution in [2.24, 2.45) is 0 Å². The Morgan fingerprint density at radius 3 is 2.88 bits per heavy atom. The van der Waals surface area contributed by atoms with Gasteiger partial charge in [-0.05, 0) is 31.8 Å². The zero-order chi connectivity index (χ0) is 12.3. The molecule has 90 valence electrons. The average molecular weight is 233 g/mol. The van der Waals surface area contributed by atoms with Gasteiger partial charge in [-0.25, -0.2) is 0 Å². The maximum Gasteiger partial charge on any atom is 0.231 e. The van der Waals surface area contributed by atoms with Gasteiger partial charge in [-0.3, -0.25) is 0 Å². The van der Waals surface area contributed by atoms with Crippen molar-refractivity contribution >= 4 is 0 Å². The van der Waals surface area contributed by atoms with Crippen molar-refractivity contribution in [2.45, 2.75) is 13.0 Å². The topological polar surface area (TPSA) is 62.4 Å². The van der Waals surface area contributed by atoms with Gasteiger partial charge < -0.3 is 14.5 Å². The number of rotatable bonds is 4. The van der Waals surface area contributed by atoms with E-state index in [9.17, 15) is 5.11 Å². The third-order valence-electron chi connectivity index (χ3n) is 2.23. The van der Waals surface area contributed by atoms with Crippen LogP contribution < -0.4 is 0 Å². The van der Waals surface area contributed by atoms with Crippen molar-refractivity contribution < 1.29 is 9.63 Å². The van der Waals surface area contributed by atoms with E-state index in [1.165, 1.54) is 0 Å². The molecule has 0 bridgehead atoms. The van der Waals surface area contributed by atoms with E-state index in [2.05, 4.69) is 10.1 Å². The molecule has 1 N–H and O–H groups in total. The molecule has 1 aromatic heterocycles. The van der Waals surface area contributed by atoms with Crippen LogP contribution in [0.1, 0.15) is 17.3 Å². The zero-order valence-electron chi connectivity index (χ0n) is 9.92. The van der Waals surface area contributed by atoms with E-state index in [0.29, 0.717) is 24.7 Å². The van der Waals surface area contributed by atoms with Crippen molar-refractivity contribution in [1.82, 2.24) is 15.0 Å². The Kier molecular flexibility index (Phi) is 3.39. The predicted molar refractivity (Wildman–Crippen MR) is 62.6 cm³/mol. The molecule has 0 radical (unpaired) electrons. The fourth-order valence-electron chi connectivity index (χ4n) is 1.55. The molecular formula is C12H15N3O2. The molecule has 0 fully saturated rings. The first-order chi connectivity index (χ1) is 8.13. The van der Waals surface area contributed by atoms with Gasteiger partial charge in [-0.2, -0.15) is 4.98 Å². The van der Waals surface area contributed by atoms with Crippen LogP contribution in [-0.4, -0.2) is 34.2 Å². The minimum absolute atomic E-state index is 0.246. The minimum Gasteiger partial charge on any atom is -0.508 e. The smallest absolute Gasteiger partial charge is 0.231 e. The first-order valence-corrected chi connectivity index (χ1v) is 5.37. The van der Waals surface area contributed by atoms with Gasteiger partial charge in [0.1, 0.15) is 5.75 Å². The maximum absolute atomic E-state index is 9.34. The van der Waals surface area contributed by atoms with Crippen molar-refractivity contribution in [1.29, 1.82) is 0 Å². The Bertz CT molecular complexity index is 494. The van der Waals surface area contributed by atoms with Gasteiger partial charge in [-0.1, -0.05) is 17.3 Å². The lowest BCUT2D eigenvalue weighted by molar-refractivity contribution is 0.352. The number of hydrogen-bond acceptors (Lipinski definition) is 5. The number of aromatic hydroxyl groups is 1. The highest BCUT2D eigenvalue weighted by molar-refractivity contribution is 5.28. The van der Waals surface area contributed by atoms with Crippen LogP contribution >= 0.6 is 0 Å². The number of benzene rings is 1. The summed E-state index contributed by atoms with van der Waals surface area (Å²) in [5.74, 6) is 1.48. The van der Waals surface area contributed by atoms with Crippen LogP contribution in [0, 0.1) is 0 Å². The van der Waals surface area contributed by atoms with Crippen molar-refractivity contribution in [3.05, 3.63) is 41.5 Å². The fourth-order valence-corrected chi connectivity index (χ4v) is 1.55. The van der Waals surface area contributed by atoms with E-state index < -0.39 is 0 Å². The van der Waals surface area contributed by atoms with Crippen LogP contribution in [0.2, 0.25) is 0 Å². The second-order valence-electron chi connectivity index (χ2n) is 4.19. The number of phenols is 1. The van der Waals surface area contributed by atoms with Crippen molar-refractivity contribution in [2.75, 3.05) is 14.1 Å². The van der Waals surface area contributed by atoms with Gasteiger partial charge in [0.2, 0.25) is 5.89 Å². The summed E-state index contributed by atoms with van der Waals surface area (Å²) in [5, 5.41) is 13.2. The molecule has 0 aliphatic carbocycles. The van der Waals surface area contributed by atoms with Crippen LogP contribution in [0.25, 0.3) is 0 Å². The lowest BCUT2D eigenvalue weighted by Crippen LogP contribution is -2.11. The summed E-state index contributed by atoms with van der Waals surface area (Å²) in [6.07, 6.45) is 0.537. The molecular weight excluding hydrogens is 218 g/mol. The van der Waals surface area contributed by atoms with Gasteiger partial charge in [0.25, 0.3) is 0 Å². The predicted octanol–water partition coefficient (Wildman–Crippen LogP) is 1.43. The molecule has 1 aromatic carbocycles. The van der Waals surface area contributed by atoms with E-state index in [1.807, 2.05) is 25.1 Å². The Balaban J connectivity index is 2.06. The summed E-state index contributed by atoms with van der Waals surface area (Å²) in [4.78, 5) is 6.25. The Labute approximate surface area is 99.7 Å². The molecule has 0 saturated carbocycles. The van der Waals surface area contributed by atoms with Crippen LogP contribution in [-0.2, 0) is 13.0 Å². The highest BCUT2D eigenvalue weighted by atomic mass is 16.5. The van der Waals surface area contributed by atoms with Crippen LogP contribution in [0.4, 0.5) is 0 Å².